The first-order chi connectivity index (χ1) is 9.54. The molecule has 4 N–H and O–H groups in total. The molecule has 2 aromatic rings. The number of anilines is 1. The summed E-state index contributed by atoms with van der Waals surface area (Å²) in [7, 11) is 0. The van der Waals surface area contributed by atoms with Crippen LogP contribution in [0.3, 0.4) is 0 Å². The minimum atomic E-state index is -1.05. The summed E-state index contributed by atoms with van der Waals surface area (Å²) in [6.07, 6.45) is 3.69. The van der Waals surface area contributed by atoms with Crippen LogP contribution in [0.1, 0.15) is 16.1 Å². The number of nitrogens with one attached hydrogen (secondary N) is 3. The van der Waals surface area contributed by atoms with Crippen LogP contribution in [0.2, 0.25) is 0 Å². The van der Waals surface area contributed by atoms with Gasteiger partial charge in [-0.05, 0) is 23.8 Å². The fraction of sp³-hybridized carbons (Fsp3) is 0. The predicted octanol–water partition coefficient (Wildman–Crippen LogP) is 1.05. The molecule has 0 aliphatic heterocycles. The van der Waals surface area contributed by atoms with Crippen molar-refractivity contribution in [3.05, 3.63) is 58.3 Å². The zero-order valence-electron chi connectivity index (χ0n) is 10.2. The van der Waals surface area contributed by atoms with E-state index >= 15 is 0 Å². The summed E-state index contributed by atoms with van der Waals surface area (Å²) in [5.41, 5.74) is 0.770. The third-order valence-electron chi connectivity index (χ3n) is 2.40. The van der Waals surface area contributed by atoms with Gasteiger partial charge in [0.15, 0.2) is 0 Å². The van der Waals surface area contributed by atoms with Gasteiger partial charge >= 0.3 is 11.7 Å². The largest absolute Gasteiger partial charge is 0.478 e. The van der Waals surface area contributed by atoms with Gasteiger partial charge in [-0.25, -0.2) is 9.59 Å². The maximum absolute atomic E-state index is 11.8. The summed E-state index contributed by atoms with van der Waals surface area (Å²) in [4.78, 5) is 37.8. The summed E-state index contributed by atoms with van der Waals surface area (Å²) in [6, 6.07) is 6.65. The van der Waals surface area contributed by atoms with Crippen molar-refractivity contribution in [3.8, 4) is 0 Å². The Kier molecular flexibility index (Phi) is 3.80. The van der Waals surface area contributed by atoms with E-state index in [-0.39, 0.29) is 5.69 Å². The molecule has 0 unspecified atom stereocenters. The molecular weight excluding hydrogens is 262 g/mol. The van der Waals surface area contributed by atoms with Crippen molar-refractivity contribution in [3.63, 3.8) is 0 Å². The number of aliphatic carboxylic acids is 1. The summed E-state index contributed by atoms with van der Waals surface area (Å²) in [5.74, 6) is -1.52. The standard InChI is InChI=1S/C13H11N3O4/c17-11(18)5-4-8-2-1-3-9(6-8)15-12(19)10-7-14-13(20)16-10/h1-7H,(H,15,19)(H,17,18)(H2,14,16,20)/b5-4+. The molecule has 0 radical (unpaired) electrons. The van der Waals surface area contributed by atoms with Gasteiger partial charge in [0.1, 0.15) is 5.69 Å². The molecular formula is C13H11N3O4. The van der Waals surface area contributed by atoms with Crippen LogP contribution in [0, 0.1) is 0 Å². The number of carboxylic acid groups (broad SMARTS) is 1. The van der Waals surface area contributed by atoms with Crippen LogP contribution >= 0.6 is 0 Å². The van der Waals surface area contributed by atoms with Gasteiger partial charge < -0.3 is 20.4 Å². The van der Waals surface area contributed by atoms with E-state index < -0.39 is 17.6 Å². The Hall–Kier alpha value is -3.09. The highest BCUT2D eigenvalue weighted by molar-refractivity contribution is 6.02. The molecule has 2 rings (SSSR count). The Balaban J connectivity index is 2.13. The van der Waals surface area contributed by atoms with E-state index in [2.05, 4.69) is 15.3 Å². The molecule has 0 saturated heterocycles. The first-order valence-electron chi connectivity index (χ1n) is 5.65. The molecule has 1 aromatic carbocycles. The van der Waals surface area contributed by atoms with Crippen LogP contribution in [0.5, 0.6) is 0 Å². The van der Waals surface area contributed by atoms with Crippen molar-refractivity contribution in [2.24, 2.45) is 0 Å². The second kappa shape index (κ2) is 5.70. The quantitative estimate of drug-likeness (QED) is 0.623. The topological polar surface area (TPSA) is 115 Å². The molecule has 0 fully saturated rings. The lowest BCUT2D eigenvalue weighted by molar-refractivity contribution is -0.131. The first kappa shape index (κ1) is 13.3. The Morgan fingerprint density at radius 1 is 1.30 bits per heavy atom. The van der Waals surface area contributed by atoms with E-state index in [0.717, 1.165) is 6.08 Å². The number of carbonyl (C=O) groups excluding carboxylic acids is 1. The van der Waals surface area contributed by atoms with Crippen molar-refractivity contribution >= 4 is 23.6 Å². The highest BCUT2D eigenvalue weighted by atomic mass is 16.4. The first-order valence-corrected chi connectivity index (χ1v) is 5.65. The zero-order valence-corrected chi connectivity index (χ0v) is 10.2. The van der Waals surface area contributed by atoms with E-state index in [9.17, 15) is 14.4 Å². The Labute approximate surface area is 113 Å². The zero-order chi connectivity index (χ0) is 14.5. The van der Waals surface area contributed by atoms with Crippen molar-refractivity contribution in [2.45, 2.75) is 0 Å². The SMILES string of the molecule is O=C(O)/C=C/c1cccc(NC(=O)c2c[nH]c(=O)[nH]2)c1. The summed E-state index contributed by atoms with van der Waals surface area (Å²) < 4.78 is 0. The second-order valence-corrected chi connectivity index (χ2v) is 3.91. The van der Waals surface area contributed by atoms with Crippen LogP contribution in [-0.2, 0) is 4.79 Å². The van der Waals surface area contributed by atoms with E-state index in [1.807, 2.05) is 0 Å². The Bertz CT molecular complexity index is 727. The molecule has 0 spiro atoms. The third kappa shape index (κ3) is 3.45. The maximum atomic E-state index is 11.8. The van der Waals surface area contributed by atoms with Gasteiger partial charge in [0.25, 0.3) is 5.91 Å². The molecule has 102 valence electrons. The number of aromatic amines is 2. The fourth-order valence-electron chi connectivity index (χ4n) is 1.54. The van der Waals surface area contributed by atoms with Crippen LogP contribution in [0.4, 0.5) is 5.69 Å². The van der Waals surface area contributed by atoms with E-state index in [1.165, 1.54) is 12.3 Å². The lowest BCUT2D eigenvalue weighted by Crippen LogP contribution is -2.14. The molecule has 0 atom stereocenters. The number of imidazole rings is 1. The fourth-order valence-corrected chi connectivity index (χ4v) is 1.54. The number of H-pyrrole nitrogens is 2. The number of amides is 1. The molecule has 0 aliphatic carbocycles. The Morgan fingerprint density at radius 2 is 2.10 bits per heavy atom. The van der Waals surface area contributed by atoms with Gasteiger partial charge in [-0.3, -0.25) is 4.79 Å². The molecule has 1 heterocycles. The molecule has 20 heavy (non-hydrogen) atoms. The highest BCUT2D eigenvalue weighted by Crippen LogP contribution is 2.12. The van der Waals surface area contributed by atoms with Gasteiger partial charge in [0, 0.05) is 18.0 Å². The van der Waals surface area contributed by atoms with Crippen molar-refractivity contribution < 1.29 is 14.7 Å². The van der Waals surface area contributed by atoms with Gasteiger partial charge in [-0.15, -0.1) is 0 Å². The maximum Gasteiger partial charge on any atom is 0.328 e. The summed E-state index contributed by atoms with van der Waals surface area (Å²) >= 11 is 0. The average molecular weight is 273 g/mol. The monoisotopic (exact) mass is 273 g/mol. The minimum Gasteiger partial charge on any atom is -0.478 e. The van der Waals surface area contributed by atoms with E-state index in [1.54, 1.807) is 24.3 Å². The van der Waals surface area contributed by atoms with Gasteiger partial charge in [-0.1, -0.05) is 12.1 Å². The predicted molar refractivity (Wildman–Crippen MR) is 72.5 cm³/mol. The third-order valence-corrected chi connectivity index (χ3v) is 2.40. The number of hydrogen-bond donors (Lipinski definition) is 4. The second-order valence-electron chi connectivity index (χ2n) is 3.91. The summed E-state index contributed by atoms with van der Waals surface area (Å²) in [5, 5.41) is 11.1. The molecule has 1 aromatic heterocycles. The number of hydrogen-bond acceptors (Lipinski definition) is 3. The van der Waals surface area contributed by atoms with Gasteiger partial charge in [0.2, 0.25) is 0 Å². The summed E-state index contributed by atoms with van der Waals surface area (Å²) in [6.45, 7) is 0. The molecule has 7 heteroatoms. The Morgan fingerprint density at radius 3 is 2.75 bits per heavy atom. The molecule has 7 nitrogen and oxygen atoms in total. The van der Waals surface area contributed by atoms with E-state index in [0.29, 0.717) is 11.3 Å². The molecule has 0 aliphatic rings. The van der Waals surface area contributed by atoms with Crippen LogP contribution < -0.4 is 11.0 Å². The average Bonchev–Trinajstić information content (AvgIpc) is 2.84. The number of benzene rings is 1. The highest BCUT2D eigenvalue weighted by Gasteiger charge is 2.08. The lowest BCUT2D eigenvalue weighted by Gasteiger charge is -2.04. The van der Waals surface area contributed by atoms with E-state index in [4.69, 9.17) is 5.11 Å². The van der Waals surface area contributed by atoms with Crippen LogP contribution in [0.25, 0.3) is 6.08 Å². The van der Waals surface area contributed by atoms with Crippen molar-refractivity contribution in [1.82, 2.24) is 9.97 Å². The number of rotatable bonds is 4. The smallest absolute Gasteiger partial charge is 0.328 e. The number of aromatic nitrogens is 2. The van der Waals surface area contributed by atoms with Gasteiger partial charge in [-0.2, -0.15) is 0 Å². The lowest BCUT2D eigenvalue weighted by atomic mass is 10.2. The van der Waals surface area contributed by atoms with Crippen molar-refractivity contribution in [1.29, 1.82) is 0 Å². The number of carbonyl (C=O) groups is 2. The molecule has 0 bridgehead atoms. The van der Waals surface area contributed by atoms with Crippen molar-refractivity contribution in [2.75, 3.05) is 5.32 Å². The van der Waals surface area contributed by atoms with Crippen LogP contribution in [0.15, 0.2) is 41.3 Å². The van der Waals surface area contributed by atoms with Gasteiger partial charge in [0.05, 0.1) is 0 Å². The number of carboxylic acids is 1. The molecule has 0 saturated carbocycles. The molecule has 1 amide bonds. The minimum absolute atomic E-state index is 0.112. The normalized spacial score (nSPS) is 10.6. The van der Waals surface area contributed by atoms with Crippen LogP contribution in [-0.4, -0.2) is 27.0 Å².